The average molecular weight is 670 g/mol. The normalized spacial score (nSPS) is 17.8. The molecule has 1 aromatic heterocycles. The van der Waals surface area contributed by atoms with Crippen molar-refractivity contribution in [2.75, 3.05) is 4.90 Å². The number of hydrogen-bond donors (Lipinski definition) is 0. The molecule has 0 spiro atoms. The highest BCUT2D eigenvalue weighted by Gasteiger charge is 2.45. The van der Waals surface area contributed by atoms with Crippen LogP contribution in [0.4, 0.5) is 17.1 Å². The zero-order chi connectivity index (χ0) is 34.6. The van der Waals surface area contributed by atoms with Gasteiger partial charge in [0, 0.05) is 56.4 Å². The molecule has 2 unspecified atom stereocenters. The maximum Gasteiger partial charge on any atom is 0.137 e. The summed E-state index contributed by atoms with van der Waals surface area (Å²) in [6.07, 6.45) is 6.87. The lowest BCUT2D eigenvalue weighted by Gasteiger charge is -2.27. The van der Waals surface area contributed by atoms with Gasteiger partial charge in [-0.05, 0) is 87.1 Å². The summed E-state index contributed by atoms with van der Waals surface area (Å²) < 4.78 is 13.5. The molecule has 52 heavy (non-hydrogen) atoms. The number of hydrogen-bond acceptors (Lipinski definition) is 3. The Hall–Kier alpha value is -6.32. The minimum atomic E-state index is -0.222. The Kier molecular flexibility index (Phi) is 6.13. The standard InChI is InChI=1S/C49H35NO2/c1-49(2)41-25-23-33(50(32-15-7-4-8-16-32)34-22-24-36-35-17-11-12-20-42(35)51-44(36)29-34)28-39(41)46-47(49)38-19-10-9-18-37(38)45-40-27-31(30-13-5-3-6-14-30)21-26-43(40)52-48(45)46/h3-29,40,43H,1-2H3. The molecule has 2 heterocycles. The van der Waals surface area contributed by atoms with E-state index in [1.165, 1.54) is 49.7 Å². The fourth-order valence-electron chi connectivity index (χ4n) is 9.22. The number of allylic oxidation sites excluding steroid dienone is 2. The van der Waals surface area contributed by atoms with Gasteiger partial charge in [0.2, 0.25) is 0 Å². The topological polar surface area (TPSA) is 25.6 Å². The van der Waals surface area contributed by atoms with Gasteiger partial charge in [-0.1, -0.05) is 123 Å². The summed E-state index contributed by atoms with van der Waals surface area (Å²) in [5.41, 5.74) is 13.7. The molecule has 2 aliphatic carbocycles. The molecular weight excluding hydrogens is 635 g/mol. The van der Waals surface area contributed by atoms with Crippen LogP contribution >= 0.6 is 0 Å². The van der Waals surface area contributed by atoms with Gasteiger partial charge >= 0.3 is 0 Å². The zero-order valence-corrected chi connectivity index (χ0v) is 29.0. The van der Waals surface area contributed by atoms with Crippen molar-refractivity contribution < 1.29 is 9.15 Å². The quantitative estimate of drug-likeness (QED) is 0.186. The molecular formula is C49H35NO2. The van der Waals surface area contributed by atoms with Gasteiger partial charge < -0.3 is 14.1 Å². The largest absolute Gasteiger partial charge is 0.484 e. The van der Waals surface area contributed by atoms with Crippen LogP contribution in [0.15, 0.2) is 168 Å². The summed E-state index contributed by atoms with van der Waals surface area (Å²) in [5, 5.41) is 4.85. The SMILES string of the molecule is CC1(C)c2ccc(N(c3ccccc3)c3ccc4c(c3)oc3ccccc34)cc2-c2c3c(c4ccccc4c21)C1C=C(c2ccccc2)C=CC1O3. The Labute approximate surface area is 302 Å². The van der Waals surface area contributed by atoms with E-state index in [1.807, 2.05) is 12.1 Å². The number of fused-ring (bicyclic) bond motifs is 13. The average Bonchev–Trinajstić information content (AvgIpc) is 3.83. The summed E-state index contributed by atoms with van der Waals surface area (Å²) >= 11 is 0. The fraction of sp³-hybridized carbons (Fsp3) is 0.102. The van der Waals surface area contributed by atoms with Crippen LogP contribution in [0.3, 0.4) is 0 Å². The molecule has 0 N–H and O–H groups in total. The smallest absolute Gasteiger partial charge is 0.137 e. The summed E-state index contributed by atoms with van der Waals surface area (Å²) in [4.78, 5) is 2.34. The number of para-hydroxylation sites is 2. The van der Waals surface area contributed by atoms with Crippen LogP contribution in [0.5, 0.6) is 5.75 Å². The first-order chi connectivity index (χ1) is 25.5. The summed E-state index contributed by atoms with van der Waals surface area (Å²) in [6.45, 7) is 4.74. The third-order valence-electron chi connectivity index (χ3n) is 11.5. The lowest BCUT2D eigenvalue weighted by molar-refractivity contribution is 0.270. The van der Waals surface area contributed by atoms with E-state index in [0.717, 1.165) is 44.8 Å². The molecule has 0 radical (unpaired) electrons. The molecule has 0 saturated carbocycles. The van der Waals surface area contributed by atoms with E-state index in [1.54, 1.807) is 0 Å². The highest BCUT2D eigenvalue weighted by molar-refractivity contribution is 6.07. The third-order valence-corrected chi connectivity index (χ3v) is 11.5. The first-order valence-electron chi connectivity index (χ1n) is 18.2. The van der Waals surface area contributed by atoms with E-state index in [9.17, 15) is 0 Å². The van der Waals surface area contributed by atoms with E-state index in [2.05, 4.69) is 170 Å². The van der Waals surface area contributed by atoms with Gasteiger partial charge in [0.1, 0.15) is 23.0 Å². The summed E-state index contributed by atoms with van der Waals surface area (Å²) in [7, 11) is 0. The Morgan fingerprint density at radius 3 is 2.10 bits per heavy atom. The van der Waals surface area contributed by atoms with E-state index in [0.29, 0.717) is 0 Å². The molecule has 8 aromatic rings. The van der Waals surface area contributed by atoms with E-state index in [-0.39, 0.29) is 17.4 Å². The first kappa shape index (κ1) is 29.4. The van der Waals surface area contributed by atoms with Gasteiger partial charge in [0.05, 0.1) is 0 Å². The minimum absolute atomic E-state index is 0.0518. The Bertz CT molecular complexity index is 2810. The van der Waals surface area contributed by atoms with Crippen molar-refractivity contribution in [2.24, 2.45) is 0 Å². The van der Waals surface area contributed by atoms with Crippen LogP contribution in [0, 0.1) is 0 Å². The van der Waals surface area contributed by atoms with Gasteiger partial charge in [-0.15, -0.1) is 0 Å². The van der Waals surface area contributed by atoms with Gasteiger partial charge in [-0.3, -0.25) is 0 Å². The van der Waals surface area contributed by atoms with Crippen LogP contribution in [0.1, 0.15) is 42.0 Å². The predicted molar refractivity (Wildman–Crippen MR) is 214 cm³/mol. The maximum atomic E-state index is 7.09. The van der Waals surface area contributed by atoms with Crippen LogP contribution in [0.2, 0.25) is 0 Å². The number of nitrogens with zero attached hydrogens (tertiary/aromatic N) is 1. The molecule has 3 heteroatoms. The summed E-state index contributed by atoms with van der Waals surface area (Å²) in [6, 6.07) is 52.2. The van der Waals surface area contributed by atoms with Crippen molar-refractivity contribution in [1.29, 1.82) is 0 Å². The second-order valence-corrected chi connectivity index (χ2v) is 14.8. The minimum Gasteiger partial charge on any atom is -0.484 e. The molecule has 11 rings (SSSR count). The van der Waals surface area contributed by atoms with Crippen molar-refractivity contribution in [3.8, 4) is 16.9 Å². The molecule has 2 atom stereocenters. The highest BCUT2D eigenvalue weighted by atomic mass is 16.5. The third kappa shape index (κ3) is 4.14. The van der Waals surface area contributed by atoms with Crippen molar-refractivity contribution in [1.82, 2.24) is 0 Å². The van der Waals surface area contributed by atoms with Crippen molar-refractivity contribution in [3.05, 3.63) is 186 Å². The molecule has 3 aliphatic rings. The molecule has 0 bridgehead atoms. The Morgan fingerprint density at radius 1 is 0.596 bits per heavy atom. The number of anilines is 3. The Morgan fingerprint density at radius 2 is 1.27 bits per heavy atom. The van der Waals surface area contributed by atoms with E-state index >= 15 is 0 Å². The first-order valence-corrected chi connectivity index (χ1v) is 18.2. The van der Waals surface area contributed by atoms with E-state index < -0.39 is 0 Å². The molecule has 1 aliphatic heterocycles. The fourth-order valence-corrected chi connectivity index (χ4v) is 9.22. The number of benzene rings is 7. The second-order valence-electron chi connectivity index (χ2n) is 14.8. The van der Waals surface area contributed by atoms with Crippen molar-refractivity contribution >= 4 is 55.3 Å². The molecule has 0 fully saturated rings. The highest BCUT2D eigenvalue weighted by Crippen LogP contribution is 2.61. The van der Waals surface area contributed by atoms with Crippen LogP contribution in [-0.2, 0) is 5.41 Å². The van der Waals surface area contributed by atoms with Gasteiger partial charge in [-0.25, -0.2) is 0 Å². The molecule has 3 nitrogen and oxygen atoms in total. The maximum absolute atomic E-state index is 7.09. The molecule has 248 valence electrons. The van der Waals surface area contributed by atoms with Crippen LogP contribution in [-0.4, -0.2) is 6.10 Å². The van der Waals surface area contributed by atoms with Gasteiger partial charge in [-0.2, -0.15) is 0 Å². The molecule has 0 saturated heterocycles. The zero-order valence-electron chi connectivity index (χ0n) is 29.0. The lowest BCUT2D eigenvalue weighted by atomic mass is 9.77. The summed E-state index contributed by atoms with van der Waals surface area (Å²) in [5.74, 6) is 1.15. The predicted octanol–water partition coefficient (Wildman–Crippen LogP) is 13.0. The van der Waals surface area contributed by atoms with Gasteiger partial charge in [0.15, 0.2) is 0 Å². The second kappa shape index (κ2) is 10.8. The lowest BCUT2D eigenvalue weighted by Crippen LogP contribution is -2.17. The van der Waals surface area contributed by atoms with Crippen molar-refractivity contribution in [2.45, 2.75) is 31.3 Å². The van der Waals surface area contributed by atoms with E-state index in [4.69, 9.17) is 9.15 Å². The molecule has 7 aromatic carbocycles. The van der Waals surface area contributed by atoms with Crippen LogP contribution < -0.4 is 9.64 Å². The number of ether oxygens (including phenoxy) is 1. The monoisotopic (exact) mass is 669 g/mol. The number of rotatable bonds is 4. The van der Waals surface area contributed by atoms with Gasteiger partial charge in [0.25, 0.3) is 0 Å². The number of furan rings is 1. The molecule has 0 amide bonds. The Balaban J connectivity index is 1.13. The van der Waals surface area contributed by atoms with Crippen LogP contribution in [0.25, 0.3) is 49.4 Å². The van der Waals surface area contributed by atoms with Crippen molar-refractivity contribution in [3.63, 3.8) is 0 Å².